The molecule has 37 heavy (non-hydrogen) atoms. The van der Waals surface area contributed by atoms with Crippen molar-refractivity contribution in [2.75, 3.05) is 52.6 Å². The highest BCUT2D eigenvalue weighted by Gasteiger charge is 2.46. The Labute approximate surface area is 222 Å². The molecule has 2 fully saturated rings. The molecule has 0 spiro atoms. The monoisotopic (exact) mass is 528 g/mol. The van der Waals surface area contributed by atoms with Gasteiger partial charge in [0.15, 0.2) is 11.5 Å². The number of ketones is 1. The van der Waals surface area contributed by atoms with Crippen molar-refractivity contribution >= 4 is 29.1 Å². The molecule has 2 heterocycles. The molecule has 0 radical (unpaired) electrons. The Balaban J connectivity index is 1.76. The summed E-state index contributed by atoms with van der Waals surface area (Å²) in [5.74, 6) is -0.478. The lowest BCUT2D eigenvalue weighted by Crippen LogP contribution is -2.42. The third kappa shape index (κ3) is 6.09. The summed E-state index contributed by atoms with van der Waals surface area (Å²) in [4.78, 5) is 30.4. The number of benzene rings is 2. The Morgan fingerprint density at radius 3 is 2.43 bits per heavy atom. The average Bonchev–Trinajstić information content (AvgIpc) is 3.17. The predicted molar refractivity (Wildman–Crippen MR) is 141 cm³/mol. The van der Waals surface area contributed by atoms with E-state index in [4.69, 9.17) is 25.8 Å². The van der Waals surface area contributed by atoms with Gasteiger partial charge in [-0.05, 0) is 55.3 Å². The molecule has 198 valence electrons. The summed E-state index contributed by atoms with van der Waals surface area (Å²) in [5, 5.41) is 11.8. The van der Waals surface area contributed by atoms with Crippen LogP contribution in [0, 0.1) is 0 Å². The van der Waals surface area contributed by atoms with Crippen molar-refractivity contribution in [1.29, 1.82) is 0 Å². The summed E-state index contributed by atoms with van der Waals surface area (Å²) in [6.07, 6.45) is 0.843. The molecule has 0 aliphatic carbocycles. The van der Waals surface area contributed by atoms with Crippen LogP contribution in [0.1, 0.15) is 37.4 Å². The van der Waals surface area contributed by atoms with Gasteiger partial charge in [0.05, 0.1) is 38.0 Å². The van der Waals surface area contributed by atoms with Crippen molar-refractivity contribution in [3.8, 4) is 11.5 Å². The molecular formula is C28H33ClN2O6. The number of Topliss-reactive ketones (excluding diaryl/α,β-unsaturated/α-hetero) is 1. The second kappa shape index (κ2) is 12.4. The van der Waals surface area contributed by atoms with Crippen LogP contribution < -0.4 is 9.47 Å². The molecule has 2 aliphatic rings. The van der Waals surface area contributed by atoms with Crippen LogP contribution in [0.4, 0.5) is 0 Å². The van der Waals surface area contributed by atoms with Crippen LogP contribution >= 0.6 is 11.6 Å². The topological polar surface area (TPSA) is 88.5 Å². The largest absolute Gasteiger partial charge is 0.507 e. The van der Waals surface area contributed by atoms with Crippen LogP contribution in [0.25, 0.3) is 5.76 Å². The number of amides is 1. The number of aliphatic hydroxyl groups excluding tert-OH is 1. The first-order valence-corrected chi connectivity index (χ1v) is 13.1. The molecule has 4 rings (SSSR count). The first-order chi connectivity index (χ1) is 17.9. The van der Waals surface area contributed by atoms with Gasteiger partial charge >= 0.3 is 0 Å². The highest BCUT2D eigenvalue weighted by molar-refractivity contribution is 6.46. The Hall–Kier alpha value is -3.07. The third-order valence-corrected chi connectivity index (χ3v) is 6.72. The molecule has 2 aromatic rings. The molecule has 0 bridgehead atoms. The number of halogens is 1. The van der Waals surface area contributed by atoms with Crippen molar-refractivity contribution in [1.82, 2.24) is 9.80 Å². The van der Waals surface area contributed by atoms with E-state index in [1.807, 2.05) is 19.9 Å². The molecule has 2 aromatic carbocycles. The molecule has 1 atom stereocenters. The SMILES string of the molecule is CCCOc1ccc(C2/C(=C(\O)c3ccc(Cl)cc3)C(=O)C(=O)N2CCN2CCOCC2)cc1OCC. The van der Waals surface area contributed by atoms with Gasteiger partial charge in [0.1, 0.15) is 5.76 Å². The Morgan fingerprint density at radius 1 is 1.03 bits per heavy atom. The molecule has 0 aromatic heterocycles. The third-order valence-electron chi connectivity index (χ3n) is 6.46. The maximum absolute atomic E-state index is 13.3. The van der Waals surface area contributed by atoms with Crippen LogP contribution in [0.5, 0.6) is 11.5 Å². The van der Waals surface area contributed by atoms with Crippen LogP contribution in [-0.4, -0.2) is 79.2 Å². The Kier molecular flexibility index (Phi) is 9.08. The van der Waals surface area contributed by atoms with Gasteiger partial charge < -0.3 is 24.2 Å². The fraction of sp³-hybridized carbons (Fsp3) is 0.429. The van der Waals surface area contributed by atoms with E-state index in [-0.39, 0.29) is 11.3 Å². The van der Waals surface area contributed by atoms with Crippen LogP contribution in [-0.2, 0) is 14.3 Å². The maximum atomic E-state index is 13.3. The van der Waals surface area contributed by atoms with Gasteiger partial charge in [0.2, 0.25) is 0 Å². The van der Waals surface area contributed by atoms with E-state index in [0.29, 0.717) is 67.2 Å². The zero-order chi connectivity index (χ0) is 26.4. The van der Waals surface area contributed by atoms with Crippen LogP contribution in [0.15, 0.2) is 48.0 Å². The van der Waals surface area contributed by atoms with Crippen molar-refractivity contribution in [3.05, 3.63) is 64.2 Å². The molecule has 0 saturated carbocycles. The summed E-state index contributed by atoms with van der Waals surface area (Å²) in [7, 11) is 0. The second-order valence-corrected chi connectivity index (χ2v) is 9.38. The van der Waals surface area contributed by atoms with Gasteiger partial charge in [0.25, 0.3) is 11.7 Å². The van der Waals surface area contributed by atoms with Gasteiger partial charge in [-0.15, -0.1) is 0 Å². The second-order valence-electron chi connectivity index (χ2n) is 8.94. The number of hydrogen-bond donors (Lipinski definition) is 1. The molecule has 2 aliphatic heterocycles. The van der Waals surface area contributed by atoms with E-state index >= 15 is 0 Å². The molecular weight excluding hydrogens is 496 g/mol. The molecule has 1 amide bonds. The van der Waals surface area contributed by atoms with E-state index in [9.17, 15) is 14.7 Å². The van der Waals surface area contributed by atoms with E-state index in [0.717, 1.165) is 19.5 Å². The number of carbonyl (C=O) groups excluding carboxylic acids is 2. The predicted octanol–water partition coefficient (Wildman–Crippen LogP) is 4.28. The van der Waals surface area contributed by atoms with E-state index in [1.165, 1.54) is 4.90 Å². The quantitative estimate of drug-likeness (QED) is 0.280. The van der Waals surface area contributed by atoms with E-state index < -0.39 is 17.7 Å². The number of carbonyl (C=O) groups is 2. The maximum Gasteiger partial charge on any atom is 0.295 e. The zero-order valence-electron chi connectivity index (χ0n) is 21.2. The normalized spacial score (nSPS) is 19.9. The lowest BCUT2D eigenvalue weighted by atomic mass is 9.95. The first kappa shape index (κ1) is 27.0. The molecule has 1 N–H and O–H groups in total. The summed E-state index contributed by atoms with van der Waals surface area (Å²) >= 11 is 6.02. The summed E-state index contributed by atoms with van der Waals surface area (Å²) in [5.41, 5.74) is 1.11. The lowest BCUT2D eigenvalue weighted by molar-refractivity contribution is -0.140. The van der Waals surface area contributed by atoms with Crippen molar-refractivity contribution < 1.29 is 28.9 Å². The number of nitrogens with zero attached hydrogens (tertiary/aromatic N) is 2. The number of likely N-dealkylation sites (tertiary alicyclic amines) is 1. The lowest BCUT2D eigenvalue weighted by Gasteiger charge is -2.31. The van der Waals surface area contributed by atoms with Crippen molar-refractivity contribution in [3.63, 3.8) is 0 Å². The number of hydrogen-bond acceptors (Lipinski definition) is 7. The van der Waals surface area contributed by atoms with Gasteiger partial charge in [0, 0.05) is 36.8 Å². The summed E-state index contributed by atoms with van der Waals surface area (Å²) in [6, 6.07) is 11.1. The Morgan fingerprint density at radius 2 is 1.76 bits per heavy atom. The summed E-state index contributed by atoms with van der Waals surface area (Å²) < 4.78 is 17.1. The van der Waals surface area contributed by atoms with Crippen molar-refractivity contribution in [2.45, 2.75) is 26.3 Å². The number of aliphatic hydroxyl groups is 1. The van der Waals surface area contributed by atoms with Gasteiger partial charge in [-0.25, -0.2) is 0 Å². The van der Waals surface area contributed by atoms with Crippen LogP contribution in [0.3, 0.4) is 0 Å². The molecule has 9 heteroatoms. The van der Waals surface area contributed by atoms with E-state index in [2.05, 4.69) is 4.90 Å². The van der Waals surface area contributed by atoms with Gasteiger partial charge in [-0.1, -0.05) is 24.6 Å². The number of ether oxygens (including phenoxy) is 3. The zero-order valence-corrected chi connectivity index (χ0v) is 22.0. The van der Waals surface area contributed by atoms with Crippen LogP contribution in [0.2, 0.25) is 5.02 Å². The summed E-state index contributed by atoms with van der Waals surface area (Å²) in [6.45, 7) is 8.56. The number of morpholine rings is 1. The van der Waals surface area contributed by atoms with Gasteiger partial charge in [-0.3, -0.25) is 14.5 Å². The first-order valence-electron chi connectivity index (χ1n) is 12.7. The highest BCUT2D eigenvalue weighted by atomic mass is 35.5. The average molecular weight is 529 g/mol. The molecule has 1 unspecified atom stereocenters. The van der Waals surface area contributed by atoms with Gasteiger partial charge in [-0.2, -0.15) is 0 Å². The molecule has 8 nitrogen and oxygen atoms in total. The minimum atomic E-state index is -0.781. The smallest absolute Gasteiger partial charge is 0.295 e. The molecule has 2 saturated heterocycles. The van der Waals surface area contributed by atoms with E-state index in [1.54, 1.807) is 36.4 Å². The minimum Gasteiger partial charge on any atom is -0.507 e. The fourth-order valence-corrected chi connectivity index (χ4v) is 4.71. The standard InChI is InChI=1S/C28H33ClN2O6/c1-3-15-37-22-10-7-20(18-23(22)36-4-2)25-24(26(32)19-5-8-21(29)9-6-19)27(33)28(34)31(25)12-11-30-13-16-35-17-14-30/h5-10,18,25,32H,3-4,11-17H2,1-2H3/b26-24+. The number of rotatable bonds is 10. The Bertz CT molecular complexity index is 1140. The van der Waals surface area contributed by atoms with Crippen molar-refractivity contribution in [2.24, 2.45) is 0 Å². The highest BCUT2D eigenvalue weighted by Crippen LogP contribution is 2.42. The fourth-order valence-electron chi connectivity index (χ4n) is 4.59. The minimum absolute atomic E-state index is 0.0407.